The molecule has 0 bridgehead atoms. The molecule has 0 amide bonds. The summed E-state index contributed by atoms with van der Waals surface area (Å²) in [6.45, 7) is 0. The molecule has 0 aromatic heterocycles. The van der Waals surface area contributed by atoms with Crippen molar-refractivity contribution < 1.29 is 9.47 Å². The maximum absolute atomic E-state index is 6.27. The van der Waals surface area contributed by atoms with Crippen molar-refractivity contribution in [2.45, 2.75) is 6.04 Å². The van der Waals surface area contributed by atoms with Crippen molar-refractivity contribution in [1.29, 1.82) is 0 Å². The van der Waals surface area contributed by atoms with Crippen molar-refractivity contribution in [1.82, 2.24) is 5.32 Å². The number of halogens is 2. The SMILES string of the molecule is CNC(c1ccc(Cl)cc1)c1cc(Cl)c(OC)c(OC)c1. The predicted molar refractivity (Wildman–Crippen MR) is 86.9 cm³/mol. The van der Waals surface area contributed by atoms with Crippen LogP contribution in [-0.2, 0) is 0 Å². The molecule has 0 aliphatic carbocycles. The Balaban J connectivity index is 2.47. The molecule has 1 unspecified atom stereocenters. The summed E-state index contributed by atoms with van der Waals surface area (Å²) in [5.41, 5.74) is 2.08. The summed E-state index contributed by atoms with van der Waals surface area (Å²) in [5, 5.41) is 4.49. The minimum absolute atomic E-state index is 0.0143. The van der Waals surface area contributed by atoms with Gasteiger partial charge in [0.15, 0.2) is 11.5 Å². The lowest BCUT2D eigenvalue weighted by Gasteiger charge is -2.20. The van der Waals surface area contributed by atoms with E-state index in [9.17, 15) is 0 Å². The Morgan fingerprint density at radius 3 is 2.14 bits per heavy atom. The first kappa shape index (κ1) is 16.0. The number of hydrogen-bond acceptors (Lipinski definition) is 3. The standard InChI is InChI=1S/C16H17Cl2NO2/c1-19-15(10-4-6-12(17)7-5-10)11-8-13(18)16(21-3)14(9-11)20-2/h4-9,15,19H,1-3H3. The van der Waals surface area contributed by atoms with Crippen LogP contribution in [0.1, 0.15) is 17.2 Å². The van der Waals surface area contributed by atoms with Crippen molar-refractivity contribution in [3.05, 3.63) is 57.6 Å². The topological polar surface area (TPSA) is 30.5 Å². The van der Waals surface area contributed by atoms with Crippen molar-refractivity contribution >= 4 is 23.2 Å². The number of hydrogen-bond donors (Lipinski definition) is 1. The zero-order valence-corrected chi connectivity index (χ0v) is 13.6. The molecule has 0 spiro atoms. The minimum atomic E-state index is -0.0143. The van der Waals surface area contributed by atoms with Crippen LogP contribution < -0.4 is 14.8 Å². The van der Waals surface area contributed by atoms with E-state index in [1.165, 1.54) is 0 Å². The second kappa shape index (κ2) is 7.03. The Bertz CT molecular complexity index is 614. The Morgan fingerprint density at radius 1 is 0.952 bits per heavy atom. The molecule has 0 heterocycles. The summed E-state index contributed by atoms with van der Waals surface area (Å²) >= 11 is 12.2. The molecule has 1 N–H and O–H groups in total. The summed E-state index contributed by atoms with van der Waals surface area (Å²) in [5.74, 6) is 1.14. The van der Waals surface area contributed by atoms with Crippen LogP contribution in [0.15, 0.2) is 36.4 Å². The molecule has 5 heteroatoms. The van der Waals surface area contributed by atoms with Gasteiger partial charge in [-0.25, -0.2) is 0 Å². The van der Waals surface area contributed by atoms with Gasteiger partial charge in [-0.1, -0.05) is 35.3 Å². The van der Waals surface area contributed by atoms with Crippen molar-refractivity contribution in [2.24, 2.45) is 0 Å². The van der Waals surface area contributed by atoms with E-state index in [0.717, 1.165) is 11.1 Å². The third kappa shape index (κ3) is 3.43. The highest BCUT2D eigenvalue weighted by molar-refractivity contribution is 6.32. The lowest BCUT2D eigenvalue weighted by molar-refractivity contribution is 0.354. The van der Waals surface area contributed by atoms with Crippen LogP contribution in [0, 0.1) is 0 Å². The molecule has 0 saturated carbocycles. The first-order chi connectivity index (χ1) is 10.1. The lowest BCUT2D eigenvalue weighted by Crippen LogP contribution is -2.17. The molecule has 2 rings (SSSR count). The molecular weight excluding hydrogens is 309 g/mol. The number of nitrogens with one attached hydrogen (secondary N) is 1. The lowest BCUT2D eigenvalue weighted by atomic mass is 9.98. The van der Waals surface area contributed by atoms with E-state index in [1.54, 1.807) is 14.2 Å². The van der Waals surface area contributed by atoms with Crippen LogP contribution in [0.5, 0.6) is 11.5 Å². The van der Waals surface area contributed by atoms with Crippen LogP contribution in [-0.4, -0.2) is 21.3 Å². The van der Waals surface area contributed by atoms with Gasteiger partial charge in [0.1, 0.15) is 0 Å². The van der Waals surface area contributed by atoms with Crippen molar-refractivity contribution in [3.8, 4) is 11.5 Å². The van der Waals surface area contributed by atoms with Gasteiger partial charge in [0.05, 0.1) is 25.3 Å². The van der Waals surface area contributed by atoms with Gasteiger partial charge in [0.2, 0.25) is 0 Å². The number of ether oxygens (including phenoxy) is 2. The second-order valence-corrected chi connectivity index (χ2v) is 5.36. The van der Waals surface area contributed by atoms with Crippen molar-refractivity contribution in [2.75, 3.05) is 21.3 Å². The van der Waals surface area contributed by atoms with Gasteiger partial charge < -0.3 is 14.8 Å². The molecule has 0 radical (unpaired) electrons. The monoisotopic (exact) mass is 325 g/mol. The third-order valence-electron chi connectivity index (χ3n) is 3.28. The zero-order chi connectivity index (χ0) is 15.4. The average molecular weight is 326 g/mol. The van der Waals surface area contributed by atoms with E-state index in [4.69, 9.17) is 32.7 Å². The largest absolute Gasteiger partial charge is 0.493 e. The fourth-order valence-corrected chi connectivity index (χ4v) is 2.71. The smallest absolute Gasteiger partial charge is 0.179 e. The molecule has 1 atom stereocenters. The first-order valence-corrected chi connectivity index (χ1v) is 7.20. The van der Waals surface area contributed by atoms with Gasteiger partial charge in [0, 0.05) is 5.02 Å². The van der Waals surface area contributed by atoms with Crippen LogP contribution in [0.2, 0.25) is 10.0 Å². The number of benzene rings is 2. The van der Waals surface area contributed by atoms with E-state index in [0.29, 0.717) is 21.5 Å². The average Bonchev–Trinajstić information content (AvgIpc) is 2.49. The molecule has 2 aromatic carbocycles. The van der Waals surface area contributed by atoms with Gasteiger partial charge in [-0.05, 0) is 42.4 Å². The maximum atomic E-state index is 6.27. The first-order valence-electron chi connectivity index (χ1n) is 6.44. The highest BCUT2D eigenvalue weighted by atomic mass is 35.5. The minimum Gasteiger partial charge on any atom is -0.493 e. The summed E-state index contributed by atoms with van der Waals surface area (Å²) in [6, 6.07) is 11.5. The molecule has 2 aromatic rings. The quantitative estimate of drug-likeness (QED) is 0.888. The molecular formula is C16H17Cl2NO2. The summed E-state index contributed by atoms with van der Waals surface area (Å²) in [7, 11) is 5.05. The van der Waals surface area contributed by atoms with E-state index >= 15 is 0 Å². The van der Waals surface area contributed by atoms with E-state index < -0.39 is 0 Å². The van der Waals surface area contributed by atoms with Gasteiger partial charge in [-0.3, -0.25) is 0 Å². The number of methoxy groups -OCH3 is 2. The summed E-state index contributed by atoms with van der Waals surface area (Å²) < 4.78 is 10.6. The van der Waals surface area contributed by atoms with Crippen molar-refractivity contribution in [3.63, 3.8) is 0 Å². The Morgan fingerprint density at radius 2 is 1.62 bits per heavy atom. The fraction of sp³-hybridized carbons (Fsp3) is 0.250. The summed E-state index contributed by atoms with van der Waals surface area (Å²) in [6.07, 6.45) is 0. The van der Waals surface area contributed by atoms with Gasteiger partial charge in [-0.15, -0.1) is 0 Å². The highest BCUT2D eigenvalue weighted by Crippen LogP contribution is 2.38. The molecule has 0 saturated heterocycles. The normalized spacial score (nSPS) is 12.0. The summed E-state index contributed by atoms with van der Waals surface area (Å²) in [4.78, 5) is 0. The maximum Gasteiger partial charge on any atom is 0.179 e. The van der Waals surface area contributed by atoms with E-state index in [2.05, 4.69) is 5.32 Å². The molecule has 0 fully saturated rings. The molecule has 0 aliphatic heterocycles. The van der Waals surface area contributed by atoms with Crippen LogP contribution in [0.25, 0.3) is 0 Å². The van der Waals surface area contributed by atoms with E-state index in [-0.39, 0.29) is 6.04 Å². The van der Waals surface area contributed by atoms with Crippen LogP contribution in [0.3, 0.4) is 0 Å². The Hall–Kier alpha value is -1.42. The predicted octanol–water partition coefficient (Wildman–Crippen LogP) is 4.32. The van der Waals surface area contributed by atoms with Gasteiger partial charge in [-0.2, -0.15) is 0 Å². The molecule has 0 aliphatic rings. The third-order valence-corrected chi connectivity index (χ3v) is 3.81. The highest BCUT2D eigenvalue weighted by Gasteiger charge is 2.17. The number of rotatable bonds is 5. The zero-order valence-electron chi connectivity index (χ0n) is 12.1. The molecule has 21 heavy (non-hydrogen) atoms. The van der Waals surface area contributed by atoms with Gasteiger partial charge >= 0.3 is 0 Å². The second-order valence-electron chi connectivity index (χ2n) is 4.51. The molecule has 3 nitrogen and oxygen atoms in total. The van der Waals surface area contributed by atoms with E-state index in [1.807, 2.05) is 43.4 Å². The Labute approximate surface area is 134 Å². The fourth-order valence-electron chi connectivity index (χ4n) is 2.29. The Kier molecular flexibility index (Phi) is 5.34. The van der Waals surface area contributed by atoms with Crippen LogP contribution in [0.4, 0.5) is 0 Å². The van der Waals surface area contributed by atoms with Crippen LogP contribution >= 0.6 is 23.2 Å². The van der Waals surface area contributed by atoms with Gasteiger partial charge in [0.25, 0.3) is 0 Å². The molecule has 112 valence electrons.